The molecule has 0 saturated heterocycles. The number of carbonyl (C=O) groups excluding carboxylic acids is 4. The lowest BCUT2D eigenvalue weighted by atomic mass is 9.84. The minimum atomic E-state index is -0.890. The van der Waals surface area contributed by atoms with Crippen LogP contribution in [0, 0.1) is 11.8 Å². The van der Waals surface area contributed by atoms with E-state index in [0.717, 1.165) is 25.7 Å². The Labute approximate surface area is 216 Å². The molecule has 6 N–H and O–H groups in total. The van der Waals surface area contributed by atoms with E-state index in [1.165, 1.54) is 14.0 Å². The largest absolute Gasteiger partial charge is 0.464 e. The second-order valence-electron chi connectivity index (χ2n) is 10.6. The van der Waals surface area contributed by atoms with Crippen molar-refractivity contribution in [1.82, 2.24) is 0 Å². The Kier molecular flexibility index (Phi) is 15.4. The number of ether oxygens (including phenoxy) is 2. The van der Waals surface area contributed by atoms with Gasteiger partial charge >= 0.3 is 11.9 Å². The van der Waals surface area contributed by atoms with Crippen molar-refractivity contribution in [2.75, 3.05) is 7.11 Å². The van der Waals surface area contributed by atoms with Crippen LogP contribution < -0.4 is 17.2 Å². The lowest BCUT2D eigenvalue weighted by molar-refractivity contribution is -0.163. The molecule has 0 bridgehead atoms. The van der Waals surface area contributed by atoms with Crippen molar-refractivity contribution in [2.45, 2.75) is 117 Å². The van der Waals surface area contributed by atoms with Crippen LogP contribution in [0.1, 0.15) is 99.3 Å². The number of methoxy groups -OCH3 is 1. The van der Waals surface area contributed by atoms with Gasteiger partial charge in [0.2, 0.25) is 0 Å². The van der Waals surface area contributed by atoms with Crippen molar-refractivity contribution in [3.8, 4) is 0 Å². The molecule has 0 aliphatic heterocycles. The van der Waals surface area contributed by atoms with Gasteiger partial charge in [0.05, 0.1) is 7.11 Å². The van der Waals surface area contributed by atoms with Gasteiger partial charge in [-0.15, -0.1) is 0 Å². The maximum absolute atomic E-state index is 13.2. The van der Waals surface area contributed by atoms with Crippen molar-refractivity contribution in [1.29, 1.82) is 0 Å². The number of ketones is 2. The van der Waals surface area contributed by atoms with E-state index < -0.39 is 35.4 Å². The zero-order chi connectivity index (χ0) is 28.1. The van der Waals surface area contributed by atoms with Crippen LogP contribution in [-0.2, 0) is 28.7 Å². The third-order valence-corrected chi connectivity index (χ3v) is 6.26. The SMILES string of the molecule is CCCCC[C@H](N)C(C)C(=O)C(CCCCC(N)CC(=O)C(C)=C(N)C(=O)OC)C(=O)OC(C)(C)C. The van der Waals surface area contributed by atoms with E-state index >= 15 is 0 Å². The highest BCUT2D eigenvalue weighted by atomic mass is 16.6. The van der Waals surface area contributed by atoms with E-state index in [1.54, 1.807) is 27.7 Å². The molecule has 0 aromatic rings. The van der Waals surface area contributed by atoms with E-state index in [9.17, 15) is 19.2 Å². The van der Waals surface area contributed by atoms with Crippen LogP contribution in [0.3, 0.4) is 0 Å². The molecular formula is C27H49N3O6. The minimum Gasteiger partial charge on any atom is -0.464 e. The number of allylic oxidation sites excluding steroid dienone is 1. The molecule has 0 aliphatic carbocycles. The van der Waals surface area contributed by atoms with Crippen LogP contribution in [-0.4, -0.2) is 48.3 Å². The zero-order valence-corrected chi connectivity index (χ0v) is 23.4. The van der Waals surface area contributed by atoms with Crippen LogP contribution >= 0.6 is 0 Å². The highest BCUT2D eigenvalue weighted by molar-refractivity contribution is 6.03. The number of nitrogens with two attached hydrogens (primary N) is 3. The normalized spacial score (nSPS) is 15.8. The molecule has 36 heavy (non-hydrogen) atoms. The highest BCUT2D eigenvalue weighted by Crippen LogP contribution is 2.23. The summed E-state index contributed by atoms with van der Waals surface area (Å²) in [4.78, 5) is 50.0. The lowest BCUT2D eigenvalue weighted by Crippen LogP contribution is -2.41. The Bertz CT molecular complexity index is 772. The van der Waals surface area contributed by atoms with E-state index in [-0.39, 0.29) is 35.3 Å². The molecule has 0 aliphatic rings. The van der Waals surface area contributed by atoms with Gasteiger partial charge < -0.3 is 26.7 Å². The van der Waals surface area contributed by atoms with Crippen LogP contribution in [0.2, 0.25) is 0 Å². The number of esters is 2. The Morgan fingerprint density at radius 3 is 2.00 bits per heavy atom. The molecule has 0 spiro atoms. The van der Waals surface area contributed by atoms with E-state index in [4.69, 9.17) is 21.9 Å². The first-order valence-corrected chi connectivity index (χ1v) is 13.0. The maximum atomic E-state index is 13.2. The molecule has 3 unspecified atom stereocenters. The van der Waals surface area contributed by atoms with Crippen molar-refractivity contribution in [2.24, 2.45) is 29.0 Å². The predicted octanol–water partition coefficient (Wildman–Crippen LogP) is 3.31. The molecule has 0 fully saturated rings. The fraction of sp³-hybridized carbons (Fsp3) is 0.778. The molecule has 0 rings (SSSR count). The molecule has 4 atom stereocenters. The number of unbranched alkanes of at least 4 members (excludes halogenated alkanes) is 3. The molecule has 0 radical (unpaired) electrons. The summed E-state index contributed by atoms with van der Waals surface area (Å²) in [5.41, 5.74) is 17.2. The van der Waals surface area contributed by atoms with Crippen molar-refractivity contribution >= 4 is 23.5 Å². The predicted molar refractivity (Wildman–Crippen MR) is 141 cm³/mol. The first-order valence-electron chi connectivity index (χ1n) is 13.0. The van der Waals surface area contributed by atoms with E-state index in [2.05, 4.69) is 11.7 Å². The number of Topliss-reactive ketones (excluding diaryl/α,β-unsaturated/α-hetero) is 2. The molecule has 0 saturated carbocycles. The highest BCUT2D eigenvalue weighted by Gasteiger charge is 2.35. The van der Waals surface area contributed by atoms with Gasteiger partial charge in [0.25, 0.3) is 0 Å². The third kappa shape index (κ3) is 12.6. The molecule has 9 heteroatoms. The average molecular weight is 512 g/mol. The van der Waals surface area contributed by atoms with Crippen molar-refractivity contribution in [3.05, 3.63) is 11.3 Å². The Morgan fingerprint density at radius 2 is 1.47 bits per heavy atom. The monoisotopic (exact) mass is 511 g/mol. The van der Waals surface area contributed by atoms with Gasteiger partial charge in [0, 0.05) is 30.0 Å². The molecule has 208 valence electrons. The van der Waals surface area contributed by atoms with Gasteiger partial charge in [0.15, 0.2) is 11.6 Å². The number of hydrogen-bond donors (Lipinski definition) is 3. The topological polar surface area (TPSA) is 165 Å². The van der Waals surface area contributed by atoms with Gasteiger partial charge in [0.1, 0.15) is 17.2 Å². The fourth-order valence-corrected chi connectivity index (χ4v) is 3.82. The zero-order valence-electron chi connectivity index (χ0n) is 23.4. The first kappa shape index (κ1) is 33.7. The van der Waals surface area contributed by atoms with E-state index in [0.29, 0.717) is 25.7 Å². The summed E-state index contributed by atoms with van der Waals surface area (Å²) in [5.74, 6) is -3.14. The maximum Gasteiger partial charge on any atom is 0.354 e. The minimum absolute atomic E-state index is 0.0294. The fourth-order valence-electron chi connectivity index (χ4n) is 3.82. The summed E-state index contributed by atoms with van der Waals surface area (Å²) in [5, 5.41) is 0. The molecule has 9 nitrogen and oxygen atoms in total. The average Bonchev–Trinajstić information content (AvgIpc) is 2.80. The van der Waals surface area contributed by atoms with Crippen LogP contribution in [0.5, 0.6) is 0 Å². The summed E-state index contributed by atoms with van der Waals surface area (Å²) in [6.45, 7) is 10.7. The Balaban J connectivity index is 5.06. The van der Waals surface area contributed by atoms with Crippen molar-refractivity contribution < 1.29 is 28.7 Å². The molecule has 0 aromatic carbocycles. The molecule has 0 heterocycles. The summed E-state index contributed by atoms with van der Waals surface area (Å²) in [7, 11) is 1.19. The van der Waals surface area contributed by atoms with Crippen LogP contribution in [0.4, 0.5) is 0 Å². The summed E-state index contributed by atoms with van der Waals surface area (Å²) in [6.07, 6.45) is 5.85. The molecule has 0 amide bonds. The standard InChI is InChI=1S/C27H49N3O6/c1-8-9-10-15-21(29)17(2)24(32)20(25(33)36-27(4,5)6)14-12-11-13-19(28)16-22(31)18(3)23(30)26(34)35-7/h17,19-21H,8-16,28-30H2,1-7H3/t17?,19?,20?,21-/m0/s1. The van der Waals surface area contributed by atoms with Crippen LogP contribution in [0.15, 0.2) is 11.3 Å². The number of hydrogen-bond acceptors (Lipinski definition) is 9. The number of carbonyl (C=O) groups is 4. The van der Waals surface area contributed by atoms with Gasteiger partial charge in [-0.1, -0.05) is 46.0 Å². The molecule has 0 aromatic heterocycles. The van der Waals surface area contributed by atoms with Gasteiger partial charge in [-0.3, -0.25) is 14.4 Å². The van der Waals surface area contributed by atoms with Gasteiger partial charge in [-0.05, 0) is 47.0 Å². The third-order valence-electron chi connectivity index (χ3n) is 6.26. The van der Waals surface area contributed by atoms with Gasteiger partial charge in [-0.25, -0.2) is 4.79 Å². The lowest BCUT2D eigenvalue weighted by Gasteiger charge is -2.27. The van der Waals surface area contributed by atoms with Gasteiger partial charge in [-0.2, -0.15) is 0 Å². The summed E-state index contributed by atoms with van der Waals surface area (Å²) >= 11 is 0. The Morgan fingerprint density at radius 1 is 0.917 bits per heavy atom. The summed E-state index contributed by atoms with van der Waals surface area (Å²) < 4.78 is 10.1. The quantitative estimate of drug-likeness (QED) is 0.115. The molecular weight excluding hydrogens is 462 g/mol. The first-order chi connectivity index (χ1) is 16.7. The van der Waals surface area contributed by atoms with Crippen LogP contribution in [0.25, 0.3) is 0 Å². The smallest absolute Gasteiger partial charge is 0.354 e. The van der Waals surface area contributed by atoms with Crippen molar-refractivity contribution in [3.63, 3.8) is 0 Å². The second kappa shape index (κ2) is 16.5. The van der Waals surface area contributed by atoms with E-state index in [1.807, 2.05) is 0 Å². The second-order valence-corrected chi connectivity index (χ2v) is 10.6. The Hall–Kier alpha value is -2.26. The number of rotatable bonds is 17. The summed E-state index contributed by atoms with van der Waals surface area (Å²) in [6, 6.07) is -0.748.